The summed E-state index contributed by atoms with van der Waals surface area (Å²) in [4.78, 5) is 64.7. The molecule has 2 fully saturated rings. The largest absolute Gasteiger partial charge is 0.480 e. The van der Waals surface area contributed by atoms with Crippen LogP contribution in [0.3, 0.4) is 0 Å². The minimum Gasteiger partial charge on any atom is -0.480 e. The Hall–Kier alpha value is -6.67. The molecule has 0 bridgehead atoms. The lowest BCUT2D eigenvalue weighted by atomic mass is 9.88. The number of benzene rings is 2. The van der Waals surface area contributed by atoms with Crippen LogP contribution >= 0.6 is 0 Å². The molecule has 19 nitrogen and oxygen atoms in total. The van der Waals surface area contributed by atoms with Crippen molar-refractivity contribution in [3.63, 3.8) is 0 Å². The van der Waals surface area contributed by atoms with E-state index >= 15 is 0 Å². The van der Waals surface area contributed by atoms with Crippen LogP contribution < -0.4 is 31.8 Å². The SMILES string of the molecule is CC(C)(C)CC[C@H](NC(=O)c1ccc(Oc2cccc(C(=O)NCCOCCOCCOCCCN3NCC=C3C(N)=O)c2)nc1)C(=O)O.Cc1n[nH]c(C)c1-c1ccc(NC(=O)CC(C2CC2)C2CC2)cc1. The van der Waals surface area contributed by atoms with Gasteiger partial charge in [0.15, 0.2) is 0 Å². The molecule has 0 spiro atoms. The number of nitrogens with two attached hydrogens (primary N) is 1. The van der Waals surface area contributed by atoms with E-state index in [4.69, 9.17) is 24.7 Å². The number of nitrogens with one attached hydrogen (secondary N) is 5. The lowest BCUT2D eigenvalue weighted by Gasteiger charge is -2.21. The highest BCUT2D eigenvalue weighted by Crippen LogP contribution is 2.50. The first kappa shape index (κ1) is 55.6. The molecule has 394 valence electrons. The van der Waals surface area contributed by atoms with E-state index in [0.717, 1.165) is 46.5 Å². The molecule has 0 radical (unpaired) electrons. The Morgan fingerprint density at radius 3 is 2.15 bits per heavy atom. The summed E-state index contributed by atoms with van der Waals surface area (Å²) in [7, 11) is 0. The second-order valence-corrected chi connectivity index (χ2v) is 19.9. The molecule has 2 saturated carbocycles. The van der Waals surface area contributed by atoms with E-state index < -0.39 is 23.8 Å². The van der Waals surface area contributed by atoms with Crippen molar-refractivity contribution in [2.45, 2.75) is 92.0 Å². The number of carboxylic acid groups (broad SMARTS) is 1. The fraction of sp³-hybridized carbons (Fsp3) is 0.500. The van der Waals surface area contributed by atoms with Gasteiger partial charge in [-0.15, -0.1) is 0 Å². The van der Waals surface area contributed by atoms with Crippen LogP contribution in [-0.4, -0.2) is 120 Å². The summed E-state index contributed by atoms with van der Waals surface area (Å²) in [6.45, 7) is 14.0. The number of primary amides is 1. The Labute approximate surface area is 427 Å². The van der Waals surface area contributed by atoms with Crippen molar-refractivity contribution in [2.24, 2.45) is 28.9 Å². The number of ether oxygens (including phenoxy) is 4. The molecule has 0 saturated heterocycles. The van der Waals surface area contributed by atoms with E-state index in [0.29, 0.717) is 101 Å². The fourth-order valence-electron chi connectivity index (χ4n) is 8.45. The van der Waals surface area contributed by atoms with Crippen LogP contribution in [0.2, 0.25) is 0 Å². The zero-order valence-electron chi connectivity index (χ0n) is 42.8. The summed E-state index contributed by atoms with van der Waals surface area (Å²) in [6.07, 6.45) is 10.7. The van der Waals surface area contributed by atoms with Crippen LogP contribution in [0.15, 0.2) is 78.6 Å². The molecule has 19 heteroatoms. The lowest BCUT2D eigenvalue weighted by Crippen LogP contribution is -2.41. The average molecular weight is 1010 g/mol. The molecule has 7 rings (SSSR count). The van der Waals surface area contributed by atoms with Gasteiger partial charge in [-0.25, -0.2) is 15.2 Å². The minimum atomic E-state index is -1.09. The van der Waals surface area contributed by atoms with E-state index in [1.807, 2.05) is 46.8 Å². The van der Waals surface area contributed by atoms with Crippen molar-refractivity contribution >= 4 is 35.3 Å². The quantitative estimate of drug-likeness (QED) is 0.0292. The Morgan fingerprint density at radius 2 is 1.55 bits per heavy atom. The number of carbonyl (C=O) groups is 5. The predicted octanol–water partition coefficient (Wildman–Crippen LogP) is 6.70. The standard InChI is InChI=1S/C34H48N6O9.C20H25N3O/c1-34(2,3)12-10-27(33(44)45)39-32(43)25-8-9-29(37-23-25)49-26-7-4-6-24(22-26)31(42)36-14-17-47-19-21-48-20-18-46-16-5-15-40-28(30(35)41)11-13-38-40;1-12-20(13(2)23-22-12)16-7-9-17(10-8-16)21-19(24)11-18(14-3-4-14)15-5-6-15/h4,6-9,11,22-23,27,38H,5,10,12-21H2,1-3H3,(H2,35,41)(H,36,42)(H,39,43)(H,44,45);7-10,14-15,18H,3-6,11H2,1-2H3,(H,21,24)(H,22,23)/t27-;/m0./s1. The lowest BCUT2D eigenvalue weighted by molar-refractivity contribution is -0.139. The maximum Gasteiger partial charge on any atom is 0.326 e. The number of rotatable bonds is 28. The van der Waals surface area contributed by atoms with Gasteiger partial charge in [0.25, 0.3) is 17.7 Å². The fourth-order valence-corrected chi connectivity index (χ4v) is 8.45. The van der Waals surface area contributed by atoms with E-state index in [2.05, 4.69) is 48.7 Å². The van der Waals surface area contributed by atoms with Gasteiger partial charge in [0.2, 0.25) is 11.8 Å². The maximum absolute atomic E-state index is 12.6. The second-order valence-electron chi connectivity index (χ2n) is 19.9. The number of hydrogen-bond acceptors (Lipinski definition) is 13. The molecule has 1 aliphatic heterocycles. The number of carboxylic acids is 1. The summed E-state index contributed by atoms with van der Waals surface area (Å²) in [5.41, 5.74) is 14.6. The number of carbonyl (C=O) groups excluding carboxylic acids is 4. The Balaban J connectivity index is 0.000000298. The number of amides is 4. The van der Waals surface area contributed by atoms with Crippen molar-refractivity contribution in [1.29, 1.82) is 0 Å². The van der Waals surface area contributed by atoms with Gasteiger partial charge < -0.3 is 50.7 Å². The van der Waals surface area contributed by atoms with Gasteiger partial charge in [-0.2, -0.15) is 5.10 Å². The molecule has 8 N–H and O–H groups in total. The second kappa shape index (κ2) is 27.4. The number of aliphatic carboxylic acids is 1. The number of aromatic amines is 1. The molecule has 2 aromatic carbocycles. The number of H-pyrrole nitrogens is 1. The zero-order valence-corrected chi connectivity index (χ0v) is 42.8. The number of hydrazine groups is 1. The normalized spacial score (nSPS) is 14.7. The van der Waals surface area contributed by atoms with Gasteiger partial charge in [-0.1, -0.05) is 39.0 Å². The van der Waals surface area contributed by atoms with Crippen LogP contribution in [-0.2, 0) is 28.6 Å². The number of hydrogen-bond donors (Lipinski definition) is 7. The number of aromatic nitrogens is 3. The molecular formula is C54H73N9O10. The van der Waals surface area contributed by atoms with Crippen LogP contribution in [0.25, 0.3) is 11.1 Å². The van der Waals surface area contributed by atoms with E-state index in [1.165, 1.54) is 44.0 Å². The predicted molar refractivity (Wildman–Crippen MR) is 275 cm³/mol. The van der Waals surface area contributed by atoms with Crippen molar-refractivity contribution in [1.82, 2.24) is 36.2 Å². The number of anilines is 1. The molecule has 2 aromatic heterocycles. The van der Waals surface area contributed by atoms with Crippen molar-refractivity contribution < 1.29 is 48.0 Å². The van der Waals surface area contributed by atoms with Gasteiger partial charge in [-0.3, -0.25) is 24.3 Å². The summed E-state index contributed by atoms with van der Waals surface area (Å²) in [5.74, 6) is 0.617. The Bertz CT molecular complexity index is 2450. The van der Waals surface area contributed by atoms with Crippen molar-refractivity contribution in [3.05, 3.63) is 101 Å². The van der Waals surface area contributed by atoms with E-state index in [9.17, 15) is 29.1 Å². The zero-order chi connectivity index (χ0) is 52.3. The highest BCUT2D eigenvalue weighted by molar-refractivity contribution is 5.96. The molecule has 3 aliphatic rings. The first-order valence-corrected chi connectivity index (χ1v) is 25.3. The summed E-state index contributed by atoms with van der Waals surface area (Å²) < 4.78 is 22.3. The summed E-state index contributed by atoms with van der Waals surface area (Å²) in [6, 6.07) is 16.6. The highest BCUT2D eigenvalue weighted by Gasteiger charge is 2.42. The monoisotopic (exact) mass is 1010 g/mol. The van der Waals surface area contributed by atoms with Gasteiger partial charge in [0.05, 0.1) is 44.3 Å². The van der Waals surface area contributed by atoms with Crippen LogP contribution in [0.4, 0.5) is 5.69 Å². The Morgan fingerprint density at radius 1 is 0.863 bits per heavy atom. The van der Waals surface area contributed by atoms with Crippen LogP contribution in [0, 0.1) is 37.0 Å². The van der Waals surface area contributed by atoms with Gasteiger partial charge in [-0.05, 0) is 130 Å². The molecule has 4 amide bonds. The van der Waals surface area contributed by atoms with Gasteiger partial charge in [0, 0.05) is 67.4 Å². The molecule has 3 heterocycles. The van der Waals surface area contributed by atoms with E-state index in [1.54, 1.807) is 35.4 Å². The third-order valence-corrected chi connectivity index (χ3v) is 12.6. The Kier molecular flexibility index (Phi) is 20.9. The summed E-state index contributed by atoms with van der Waals surface area (Å²) >= 11 is 0. The number of pyridine rings is 1. The summed E-state index contributed by atoms with van der Waals surface area (Å²) in [5, 5.41) is 26.9. The smallest absolute Gasteiger partial charge is 0.326 e. The average Bonchev–Trinajstić information content (AvgIpc) is 4.30. The molecule has 1 atom stereocenters. The first-order chi connectivity index (χ1) is 35.0. The highest BCUT2D eigenvalue weighted by atomic mass is 16.5. The van der Waals surface area contributed by atoms with Crippen LogP contribution in [0.5, 0.6) is 11.6 Å². The third-order valence-electron chi connectivity index (χ3n) is 12.6. The minimum absolute atomic E-state index is 0.0628. The maximum atomic E-state index is 12.6. The van der Waals surface area contributed by atoms with Gasteiger partial charge in [0.1, 0.15) is 17.5 Å². The van der Waals surface area contributed by atoms with E-state index in [-0.39, 0.29) is 28.7 Å². The number of nitrogens with zero attached hydrogens (tertiary/aromatic N) is 3. The molecule has 4 aromatic rings. The van der Waals surface area contributed by atoms with Crippen LogP contribution in [0.1, 0.15) is 104 Å². The topological polar surface area (TPSA) is 261 Å². The third kappa shape index (κ3) is 18.7. The molecular weight excluding hydrogens is 935 g/mol. The number of aryl methyl sites for hydroxylation is 2. The molecule has 0 unspecified atom stereocenters. The van der Waals surface area contributed by atoms with Gasteiger partial charge >= 0.3 is 5.97 Å². The first-order valence-electron chi connectivity index (χ1n) is 25.3. The molecule has 2 aliphatic carbocycles. The van der Waals surface area contributed by atoms with Crippen molar-refractivity contribution in [2.75, 3.05) is 64.6 Å². The molecule has 73 heavy (non-hydrogen) atoms. The van der Waals surface area contributed by atoms with Crippen molar-refractivity contribution in [3.8, 4) is 22.8 Å².